The highest BCUT2D eigenvalue weighted by Crippen LogP contribution is 2.30. The summed E-state index contributed by atoms with van der Waals surface area (Å²) in [5.74, 6) is 1.16. The number of aryl methyl sites for hydroxylation is 1. The van der Waals surface area contributed by atoms with Crippen LogP contribution in [-0.2, 0) is 0 Å². The Hall–Kier alpha value is -1.50. The molecule has 0 aliphatic heterocycles. The summed E-state index contributed by atoms with van der Waals surface area (Å²) < 4.78 is 5.51. The molecule has 0 aliphatic carbocycles. The van der Waals surface area contributed by atoms with E-state index in [0.29, 0.717) is 28.6 Å². The zero-order valence-corrected chi connectivity index (χ0v) is 11.2. The molecule has 0 saturated carbocycles. The van der Waals surface area contributed by atoms with Crippen molar-refractivity contribution in [1.82, 2.24) is 4.98 Å². The topological polar surface area (TPSA) is 45.9 Å². The number of nitriles is 1. The van der Waals surface area contributed by atoms with Gasteiger partial charge in [0.05, 0.1) is 22.0 Å². The van der Waals surface area contributed by atoms with Gasteiger partial charge >= 0.3 is 0 Å². The maximum absolute atomic E-state index is 8.90. The molecule has 5 heteroatoms. The Balaban J connectivity index is 2.57. The molecule has 2 rings (SSSR count). The van der Waals surface area contributed by atoms with Crippen LogP contribution in [-0.4, -0.2) is 17.5 Å². The predicted molar refractivity (Wildman–Crippen MR) is 72.4 cm³/mol. The molecular weight excluding hydrogens is 271 g/mol. The molecule has 0 saturated heterocycles. The molecule has 1 aromatic heterocycles. The molecule has 3 nitrogen and oxygen atoms in total. The van der Waals surface area contributed by atoms with Crippen molar-refractivity contribution in [3.8, 4) is 11.8 Å². The maximum Gasteiger partial charge on any atom is 0.124 e. The molecule has 92 valence electrons. The molecule has 0 fully saturated rings. The third-order valence-corrected chi connectivity index (χ3v) is 3.12. The highest BCUT2D eigenvalue weighted by atomic mass is 35.5. The van der Waals surface area contributed by atoms with Gasteiger partial charge in [-0.05, 0) is 18.6 Å². The Kier molecular flexibility index (Phi) is 3.90. The quantitative estimate of drug-likeness (QED) is 0.806. The van der Waals surface area contributed by atoms with E-state index in [-0.39, 0.29) is 0 Å². The number of ether oxygens (including phenoxy) is 1. The SMILES string of the molecule is Cc1cc2c(Cl)c(C#N)cnc2cc1OCCCl. The fourth-order valence-corrected chi connectivity index (χ4v) is 2.00. The fourth-order valence-electron chi connectivity index (χ4n) is 1.68. The summed E-state index contributed by atoms with van der Waals surface area (Å²) in [6.45, 7) is 2.36. The normalized spacial score (nSPS) is 10.3. The summed E-state index contributed by atoms with van der Waals surface area (Å²) >= 11 is 11.7. The van der Waals surface area contributed by atoms with Crippen LogP contribution in [0.25, 0.3) is 10.9 Å². The number of halogens is 2. The monoisotopic (exact) mass is 280 g/mol. The lowest BCUT2D eigenvalue weighted by molar-refractivity contribution is 0.341. The van der Waals surface area contributed by atoms with Crippen molar-refractivity contribution in [3.05, 3.63) is 34.5 Å². The first kappa shape index (κ1) is 12.9. The number of pyridine rings is 1. The van der Waals surface area contributed by atoms with Crippen molar-refractivity contribution in [1.29, 1.82) is 5.26 Å². The molecule has 0 unspecified atom stereocenters. The molecule has 0 amide bonds. The van der Waals surface area contributed by atoms with Gasteiger partial charge in [-0.15, -0.1) is 11.6 Å². The summed E-state index contributed by atoms with van der Waals surface area (Å²) in [6.07, 6.45) is 1.46. The van der Waals surface area contributed by atoms with Crippen LogP contribution >= 0.6 is 23.2 Å². The van der Waals surface area contributed by atoms with E-state index < -0.39 is 0 Å². The number of benzene rings is 1. The number of nitrogens with zero attached hydrogens (tertiary/aromatic N) is 2. The number of rotatable bonds is 3. The van der Waals surface area contributed by atoms with Crippen molar-refractivity contribution in [2.75, 3.05) is 12.5 Å². The van der Waals surface area contributed by atoms with E-state index >= 15 is 0 Å². The van der Waals surface area contributed by atoms with Crippen LogP contribution in [0.15, 0.2) is 18.3 Å². The summed E-state index contributed by atoms with van der Waals surface area (Å²) in [6, 6.07) is 5.69. The van der Waals surface area contributed by atoms with Crippen molar-refractivity contribution < 1.29 is 4.74 Å². The molecule has 0 bridgehead atoms. The molecule has 0 N–H and O–H groups in total. The average Bonchev–Trinajstić information content (AvgIpc) is 2.38. The summed E-state index contributed by atoms with van der Waals surface area (Å²) in [4.78, 5) is 4.20. The van der Waals surface area contributed by atoms with Gasteiger partial charge in [0.25, 0.3) is 0 Å². The second kappa shape index (κ2) is 5.43. The molecule has 0 spiro atoms. The van der Waals surface area contributed by atoms with Crippen LogP contribution in [0.1, 0.15) is 11.1 Å². The van der Waals surface area contributed by atoms with Crippen LogP contribution < -0.4 is 4.74 Å². The lowest BCUT2D eigenvalue weighted by Crippen LogP contribution is -2.00. The van der Waals surface area contributed by atoms with Gasteiger partial charge < -0.3 is 4.74 Å². The minimum absolute atomic E-state index is 0.373. The molecular formula is C13H10Cl2N2O. The number of alkyl halides is 1. The lowest BCUT2D eigenvalue weighted by Gasteiger charge is -2.10. The predicted octanol–water partition coefficient (Wildman–Crippen LogP) is 3.69. The van der Waals surface area contributed by atoms with Crippen LogP contribution in [0, 0.1) is 18.3 Å². The van der Waals surface area contributed by atoms with Crippen molar-refractivity contribution in [2.24, 2.45) is 0 Å². The van der Waals surface area contributed by atoms with Crippen LogP contribution in [0.2, 0.25) is 5.02 Å². The molecule has 2 aromatic rings. The van der Waals surface area contributed by atoms with Gasteiger partial charge in [0.2, 0.25) is 0 Å². The highest BCUT2D eigenvalue weighted by Gasteiger charge is 2.10. The Labute approximate surface area is 115 Å². The van der Waals surface area contributed by atoms with Gasteiger partial charge in [-0.2, -0.15) is 5.26 Å². The minimum atomic E-state index is 0.373. The van der Waals surface area contributed by atoms with Gasteiger partial charge in [0, 0.05) is 17.6 Å². The van der Waals surface area contributed by atoms with Crippen molar-refractivity contribution >= 4 is 34.1 Å². The number of fused-ring (bicyclic) bond motifs is 1. The van der Waals surface area contributed by atoms with E-state index in [9.17, 15) is 0 Å². The smallest absolute Gasteiger partial charge is 0.124 e. The average molecular weight is 281 g/mol. The standard InChI is InChI=1S/C13H10Cl2N2O/c1-8-4-10-11(5-12(8)18-3-2-14)17-7-9(6-16)13(10)15/h4-5,7H,2-3H2,1H3. The number of hydrogen-bond donors (Lipinski definition) is 0. The summed E-state index contributed by atoms with van der Waals surface area (Å²) in [5, 5.41) is 10.1. The molecule has 1 heterocycles. The van der Waals surface area contributed by atoms with Crippen LogP contribution in [0.5, 0.6) is 5.75 Å². The number of hydrogen-bond acceptors (Lipinski definition) is 3. The van der Waals surface area contributed by atoms with Gasteiger partial charge in [0.15, 0.2) is 0 Å². The summed E-state index contributed by atoms with van der Waals surface area (Å²) in [7, 11) is 0. The van der Waals surface area contributed by atoms with E-state index in [1.807, 2.05) is 25.1 Å². The largest absolute Gasteiger partial charge is 0.492 e. The second-order valence-corrected chi connectivity index (χ2v) is 4.53. The van der Waals surface area contributed by atoms with E-state index in [1.165, 1.54) is 6.20 Å². The Morgan fingerprint density at radius 3 is 2.89 bits per heavy atom. The molecule has 1 aromatic carbocycles. The van der Waals surface area contributed by atoms with Crippen molar-refractivity contribution in [3.63, 3.8) is 0 Å². The maximum atomic E-state index is 8.90. The lowest BCUT2D eigenvalue weighted by atomic mass is 10.1. The fraction of sp³-hybridized carbons (Fsp3) is 0.231. The second-order valence-electron chi connectivity index (χ2n) is 3.77. The molecule has 0 radical (unpaired) electrons. The van der Waals surface area contributed by atoms with E-state index in [2.05, 4.69) is 4.98 Å². The highest BCUT2D eigenvalue weighted by molar-refractivity contribution is 6.36. The van der Waals surface area contributed by atoms with Gasteiger partial charge in [-0.1, -0.05) is 11.6 Å². The van der Waals surface area contributed by atoms with Crippen LogP contribution in [0.3, 0.4) is 0 Å². The first-order valence-electron chi connectivity index (χ1n) is 5.35. The first-order valence-corrected chi connectivity index (χ1v) is 6.26. The minimum Gasteiger partial charge on any atom is -0.492 e. The molecule has 0 aliphatic rings. The van der Waals surface area contributed by atoms with E-state index in [4.69, 9.17) is 33.2 Å². The summed E-state index contributed by atoms with van der Waals surface area (Å²) in [5.41, 5.74) is 2.01. The van der Waals surface area contributed by atoms with Gasteiger partial charge in [0.1, 0.15) is 18.4 Å². The Bertz CT molecular complexity index is 635. The molecule has 18 heavy (non-hydrogen) atoms. The van der Waals surface area contributed by atoms with Crippen molar-refractivity contribution in [2.45, 2.75) is 6.92 Å². The van der Waals surface area contributed by atoms with Gasteiger partial charge in [-0.3, -0.25) is 4.98 Å². The van der Waals surface area contributed by atoms with E-state index in [0.717, 1.165) is 16.7 Å². The van der Waals surface area contributed by atoms with E-state index in [1.54, 1.807) is 0 Å². The number of aromatic nitrogens is 1. The zero-order valence-electron chi connectivity index (χ0n) is 9.70. The Morgan fingerprint density at radius 2 is 2.22 bits per heavy atom. The third kappa shape index (κ3) is 2.35. The van der Waals surface area contributed by atoms with Gasteiger partial charge in [-0.25, -0.2) is 0 Å². The Morgan fingerprint density at radius 1 is 1.44 bits per heavy atom. The molecule has 0 atom stereocenters. The third-order valence-electron chi connectivity index (χ3n) is 2.55. The zero-order chi connectivity index (χ0) is 13.1. The first-order chi connectivity index (χ1) is 8.67. The van der Waals surface area contributed by atoms with Crippen LogP contribution in [0.4, 0.5) is 0 Å².